The van der Waals surface area contributed by atoms with Gasteiger partial charge in [-0.3, -0.25) is 4.79 Å². The van der Waals surface area contributed by atoms with Crippen LogP contribution >= 0.6 is 15.9 Å². The maximum atomic E-state index is 12.7. The summed E-state index contributed by atoms with van der Waals surface area (Å²) in [4.78, 5) is 17.1. The van der Waals surface area contributed by atoms with Crippen LogP contribution in [0.3, 0.4) is 0 Å². The van der Waals surface area contributed by atoms with Crippen molar-refractivity contribution in [3.8, 4) is 0 Å². The molecular weight excluding hydrogens is 398 g/mol. The first kappa shape index (κ1) is 19.2. The van der Waals surface area contributed by atoms with Crippen molar-refractivity contribution in [1.82, 2.24) is 10.3 Å². The lowest BCUT2D eigenvalue weighted by Gasteiger charge is -2.17. The lowest BCUT2D eigenvalue weighted by molar-refractivity contribution is -0.118. The van der Waals surface area contributed by atoms with Gasteiger partial charge < -0.3 is 20.1 Å². The van der Waals surface area contributed by atoms with E-state index in [0.717, 1.165) is 18.4 Å². The number of fused-ring (bicyclic) bond motifs is 1. The van der Waals surface area contributed by atoms with Crippen molar-refractivity contribution < 1.29 is 14.3 Å². The molecule has 3 rings (SSSR count). The quantitative estimate of drug-likeness (QED) is 0.345. The van der Waals surface area contributed by atoms with Crippen LogP contribution in [-0.2, 0) is 20.9 Å². The molecule has 6 nitrogen and oxygen atoms in total. The largest absolute Gasteiger partial charge is 0.377 e. The molecule has 0 aromatic carbocycles. The van der Waals surface area contributed by atoms with Crippen LogP contribution in [0.2, 0.25) is 0 Å². The van der Waals surface area contributed by atoms with E-state index < -0.39 is 0 Å². The van der Waals surface area contributed by atoms with Crippen LogP contribution in [0.4, 0.5) is 5.82 Å². The van der Waals surface area contributed by atoms with Gasteiger partial charge in [-0.2, -0.15) is 0 Å². The maximum Gasteiger partial charge on any atom is 0.242 e. The Kier molecular flexibility index (Phi) is 6.24. The van der Waals surface area contributed by atoms with Crippen LogP contribution in [0.5, 0.6) is 0 Å². The van der Waals surface area contributed by atoms with Gasteiger partial charge in [0.15, 0.2) is 0 Å². The van der Waals surface area contributed by atoms with Crippen molar-refractivity contribution in [2.24, 2.45) is 5.41 Å². The fourth-order valence-electron chi connectivity index (χ4n) is 3.39. The number of amides is 1. The molecule has 2 heterocycles. The standard InChI is InChI=1S/C19H24BrN3O3/c1-3-7-25-11-13-5-6-16(20)22-17(13)23-18(24)14-9-19(10-15(19)21-14)12-26-8-4-2/h3-6,14-15,21H,1-2,7-12H2,(H,22,23,24)/t14-,15+,19+/m0/s1. The third kappa shape index (κ3) is 4.40. The van der Waals surface area contributed by atoms with Crippen molar-refractivity contribution in [2.45, 2.75) is 31.5 Å². The van der Waals surface area contributed by atoms with E-state index in [1.165, 1.54) is 0 Å². The Morgan fingerprint density at radius 1 is 1.35 bits per heavy atom. The molecule has 0 spiro atoms. The molecule has 1 aliphatic heterocycles. The summed E-state index contributed by atoms with van der Waals surface area (Å²) in [5, 5.41) is 6.34. The molecule has 1 amide bonds. The number of carbonyl (C=O) groups is 1. The van der Waals surface area contributed by atoms with E-state index >= 15 is 0 Å². The predicted molar refractivity (Wildman–Crippen MR) is 104 cm³/mol. The van der Waals surface area contributed by atoms with Crippen molar-refractivity contribution in [3.63, 3.8) is 0 Å². The molecule has 2 fully saturated rings. The average molecular weight is 422 g/mol. The van der Waals surface area contributed by atoms with Crippen molar-refractivity contribution >= 4 is 27.7 Å². The fourth-order valence-corrected chi connectivity index (χ4v) is 3.70. The second-order valence-corrected chi connectivity index (χ2v) is 7.59. The van der Waals surface area contributed by atoms with E-state index in [9.17, 15) is 4.79 Å². The molecular formula is C19H24BrN3O3. The van der Waals surface area contributed by atoms with E-state index in [-0.39, 0.29) is 17.4 Å². The van der Waals surface area contributed by atoms with Gasteiger partial charge in [0.1, 0.15) is 10.4 Å². The molecule has 26 heavy (non-hydrogen) atoms. The number of piperidine rings is 1. The number of halogens is 1. The Balaban J connectivity index is 1.59. The molecule has 1 aromatic heterocycles. The molecule has 140 valence electrons. The minimum absolute atomic E-state index is 0.0733. The minimum Gasteiger partial charge on any atom is -0.377 e. The summed E-state index contributed by atoms with van der Waals surface area (Å²) in [5.41, 5.74) is 0.918. The first-order valence-electron chi connectivity index (χ1n) is 8.67. The van der Waals surface area contributed by atoms with Crippen molar-refractivity contribution in [2.75, 3.05) is 25.1 Å². The summed E-state index contributed by atoms with van der Waals surface area (Å²) < 4.78 is 11.8. The Bertz CT molecular complexity index is 697. The smallest absolute Gasteiger partial charge is 0.242 e. The van der Waals surface area contributed by atoms with Gasteiger partial charge in [-0.1, -0.05) is 18.2 Å². The highest BCUT2D eigenvalue weighted by Crippen LogP contribution is 2.54. The zero-order chi connectivity index (χ0) is 18.6. The van der Waals surface area contributed by atoms with Crippen LogP contribution in [0.25, 0.3) is 0 Å². The number of aromatic nitrogens is 1. The number of hydrogen-bond donors (Lipinski definition) is 2. The number of nitrogens with one attached hydrogen (secondary N) is 2. The van der Waals surface area contributed by atoms with Crippen molar-refractivity contribution in [1.29, 1.82) is 0 Å². The number of anilines is 1. The van der Waals surface area contributed by atoms with Crippen LogP contribution in [0.15, 0.2) is 42.0 Å². The second kappa shape index (κ2) is 8.43. The second-order valence-electron chi connectivity index (χ2n) is 6.78. The van der Waals surface area contributed by atoms with Crippen LogP contribution in [0, 0.1) is 5.41 Å². The molecule has 2 aliphatic rings. The van der Waals surface area contributed by atoms with Gasteiger partial charge in [-0.25, -0.2) is 4.98 Å². The topological polar surface area (TPSA) is 72.5 Å². The van der Waals surface area contributed by atoms with Gasteiger partial charge in [0.05, 0.1) is 32.5 Å². The molecule has 2 N–H and O–H groups in total. The highest BCUT2D eigenvalue weighted by molar-refractivity contribution is 9.10. The Morgan fingerprint density at radius 3 is 2.88 bits per heavy atom. The number of rotatable bonds is 10. The summed E-state index contributed by atoms with van der Waals surface area (Å²) in [5.74, 6) is 0.448. The maximum absolute atomic E-state index is 12.7. The molecule has 7 heteroatoms. The molecule has 0 bridgehead atoms. The highest BCUT2D eigenvalue weighted by atomic mass is 79.9. The van der Waals surface area contributed by atoms with Crippen LogP contribution in [0.1, 0.15) is 18.4 Å². The number of ether oxygens (including phenoxy) is 2. The zero-order valence-electron chi connectivity index (χ0n) is 14.7. The number of pyridine rings is 1. The first-order valence-corrected chi connectivity index (χ1v) is 9.47. The molecule has 1 aliphatic carbocycles. The predicted octanol–water partition coefficient (Wildman–Crippen LogP) is 2.81. The van der Waals surface area contributed by atoms with Gasteiger partial charge in [0.25, 0.3) is 0 Å². The lowest BCUT2D eigenvalue weighted by atomic mass is 10.0. The monoisotopic (exact) mass is 421 g/mol. The molecule has 1 saturated heterocycles. The Morgan fingerprint density at radius 2 is 2.12 bits per heavy atom. The third-order valence-electron chi connectivity index (χ3n) is 4.82. The summed E-state index contributed by atoms with van der Waals surface area (Å²) in [6, 6.07) is 3.84. The first-order chi connectivity index (χ1) is 12.6. The number of carbonyl (C=O) groups excluding carboxylic acids is 1. The van der Waals surface area contributed by atoms with E-state index in [0.29, 0.717) is 42.9 Å². The highest BCUT2D eigenvalue weighted by Gasteiger charge is 2.61. The van der Waals surface area contributed by atoms with Gasteiger partial charge in [0.2, 0.25) is 5.91 Å². The summed E-state index contributed by atoms with van der Waals surface area (Å²) in [6.45, 7) is 9.31. The molecule has 0 radical (unpaired) electrons. The van der Waals surface area contributed by atoms with Gasteiger partial charge in [-0.15, -0.1) is 13.2 Å². The van der Waals surface area contributed by atoms with E-state index in [1.54, 1.807) is 12.2 Å². The van der Waals surface area contributed by atoms with Gasteiger partial charge in [0, 0.05) is 17.0 Å². The lowest BCUT2D eigenvalue weighted by Crippen LogP contribution is -2.38. The molecule has 1 saturated carbocycles. The molecule has 0 unspecified atom stereocenters. The third-order valence-corrected chi connectivity index (χ3v) is 5.27. The van der Waals surface area contributed by atoms with Crippen LogP contribution in [-0.4, -0.2) is 42.8 Å². The SMILES string of the molecule is C=CCOCc1ccc(Br)nc1NC(=O)[C@@H]1C[C@]2(COCC=C)C[C@H]2N1. The van der Waals surface area contributed by atoms with Gasteiger partial charge in [-0.05, 0) is 34.8 Å². The molecule has 3 atom stereocenters. The Hall–Kier alpha value is -1.54. The average Bonchev–Trinajstić information content (AvgIpc) is 3.17. The summed E-state index contributed by atoms with van der Waals surface area (Å²) >= 11 is 3.35. The fraction of sp³-hybridized carbons (Fsp3) is 0.474. The number of hydrogen-bond acceptors (Lipinski definition) is 5. The van der Waals surface area contributed by atoms with Crippen LogP contribution < -0.4 is 10.6 Å². The van der Waals surface area contributed by atoms with Crippen molar-refractivity contribution in [3.05, 3.63) is 47.6 Å². The minimum atomic E-state index is -0.233. The Labute approximate surface area is 162 Å². The molecule has 1 aromatic rings. The van der Waals surface area contributed by atoms with Gasteiger partial charge >= 0.3 is 0 Å². The number of nitrogens with zero attached hydrogens (tertiary/aromatic N) is 1. The van der Waals surface area contributed by atoms with E-state index in [4.69, 9.17) is 9.47 Å². The summed E-state index contributed by atoms with van der Waals surface area (Å²) in [7, 11) is 0. The van der Waals surface area contributed by atoms with E-state index in [2.05, 4.69) is 44.7 Å². The normalized spacial score (nSPS) is 26.2. The zero-order valence-corrected chi connectivity index (χ0v) is 16.3. The summed E-state index contributed by atoms with van der Waals surface area (Å²) in [6.07, 6.45) is 5.27. The van der Waals surface area contributed by atoms with E-state index in [1.807, 2.05) is 12.1 Å².